The highest BCUT2D eigenvalue weighted by Crippen LogP contribution is 2.23. The minimum Gasteiger partial charge on any atom is -0.368 e. The van der Waals surface area contributed by atoms with E-state index in [-0.39, 0.29) is 23.0 Å². The Hall–Kier alpha value is -2.23. The van der Waals surface area contributed by atoms with E-state index >= 15 is 0 Å². The van der Waals surface area contributed by atoms with Gasteiger partial charge in [-0.2, -0.15) is 0 Å². The first-order valence-electron chi connectivity index (χ1n) is 7.09. The minimum atomic E-state index is -0.512. The van der Waals surface area contributed by atoms with Gasteiger partial charge in [0.05, 0.1) is 22.4 Å². The number of nitro groups is 1. The first kappa shape index (κ1) is 18.1. The molecule has 0 aliphatic carbocycles. The van der Waals surface area contributed by atoms with Crippen LogP contribution in [-0.4, -0.2) is 42.0 Å². The molecule has 2 aromatic heterocycles. The van der Waals surface area contributed by atoms with Gasteiger partial charge in [-0.3, -0.25) is 14.9 Å². The van der Waals surface area contributed by atoms with Gasteiger partial charge in [0.1, 0.15) is 5.82 Å². The number of nitrogens with one attached hydrogen (secondary N) is 2. The van der Waals surface area contributed by atoms with Crippen LogP contribution in [0.15, 0.2) is 29.8 Å². The number of aromatic nitrogens is 1. The van der Waals surface area contributed by atoms with Crippen molar-refractivity contribution in [2.45, 2.75) is 0 Å². The van der Waals surface area contributed by atoms with Gasteiger partial charge in [0.25, 0.3) is 5.91 Å². The molecule has 1 amide bonds. The average molecular weight is 370 g/mol. The number of halogens is 1. The standard InChI is InChI=1S/C14H15N5O3S.ClH/c20-14(10-7-13(19(21)22)23-9-10)17-12-2-1-11(8-16-12)18-5-3-15-4-6-18;/h1-2,7-9,15H,3-6H2,(H,16,17,20);1H. The van der Waals surface area contributed by atoms with E-state index in [4.69, 9.17) is 0 Å². The lowest BCUT2D eigenvalue weighted by molar-refractivity contribution is -0.380. The van der Waals surface area contributed by atoms with E-state index in [9.17, 15) is 14.9 Å². The van der Waals surface area contributed by atoms with Gasteiger partial charge in [-0.15, -0.1) is 12.4 Å². The number of rotatable bonds is 4. The maximum Gasteiger partial charge on any atom is 0.324 e. The fraction of sp³-hybridized carbons (Fsp3) is 0.286. The molecule has 2 aromatic rings. The smallest absolute Gasteiger partial charge is 0.324 e. The van der Waals surface area contributed by atoms with Crippen molar-refractivity contribution < 1.29 is 9.72 Å². The number of nitrogens with zero attached hydrogens (tertiary/aromatic N) is 3. The van der Waals surface area contributed by atoms with E-state index in [1.54, 1.807) is 12.3 Å². The Kier molecular flexibility index (Phi) is 6.07. The SMILES string of the molecule is Cl.O=C(Nc1ccc(N2CCNCC2)cn1)c1csc([N+](=O)[O-])c1. The highest BCUT2D eigenvalue weighted by Gasteiger charge is 2.16. The maximum absolute atomic E-state index is 12.1. The Morgan fingerprint density at radius 1 is 1.38 bits per heavy atom. The van der Waals surface area contributed by atoms with E-state index in [2.05, 4.69) is 20.5 Å². The second-order valence-electron chi connectivity index (χ2n) is 5.02. The molecular weight excluding hydrogens is 354 g/mol. The van der Waals surface area contributed by atoms with Crippen molar-refractivity contribution in [1.29, 1.82) is 0 Å². The Labute approximate surface area is 148 Å². The van der Waals surface area contributed by atoms with E-state index in [0.29, 0.717) is 5.82 Å². The van der Waals surface area contributed by atoms with Gasteiger partial charge in [-0.05, 0) is 12.1 Å². The number of hydrogen-bond acceptors (Lipinski definition) is 7. The molecular formula is C14H16ClN5O3S. The van der Waals surface area contributed by atoms with Crippen LogP contribution in [0.4, 0.5) is 16.5 Å². The third-order valence-electron chi connectivity index (χ3n) is 3.50. The maximum atomic E-state index is 12.1. The monoisotopic (exact) mass is 369 g/mol. The Bertz CT molecular complexity index is 715. The summed E-state index contributed by atoms with van der Waals surface area (Å²) in [5, 5.41) is 18.0. The minimum absolute atomic E-state index is 0. The largest absolute Gasteiger partial charge is 0.368 e. The van der Waals surface area contributed by atoms with E-state index in [0.717, 1.165) is 43.2 Å². The molecule has 8 nitrogen and oxygen atoms in total. The third kappa shape index (κ3) is 4.19. The molecule has 10 heteroatoms. The zero-order valence-corrected chi connectivity index (χ0v) is 14.2. The van der Waals surface area contributed by atoms with E-state index < -0.39 is 10.8 Å². The average Bonchev–Trinajstić information content (AvgIpc) is 3.07. The quantitative estimate of drug-likeness (QED) is 0.632. The molecule has 0 atom stereocenters. The summed E-state index contributed by atoms with van der Waals surface area (Å²) in [5.74, 6) is 0.0134. The Morgan fingerprint density at radius 2 is 2.12 bits per heavy atom. The first-order chi connectivity index (χ1) is 11.1. The summed E-state index contributed by atoms with van der Waals surface area (Å²) in [6.07, 6.45) is 1.72. The van der Waals surface area contributed by atoms with Gasteiger partial charge in [-0.25, -0.2) is 4.98 Å². The van der Waals surface area contributed by atoms with Gasteiger partial charge in [0, 0.05) is 37.6 Å². The van der Waals surface area contributed by atoms with Gasteiger partial charge >= 0.3 is 5.00 Å². The highest BCUT2D eigenvalue weighted by molar-refractivity contribution is 7.13. The molecule has 0 saturated carbocycles. The summed E-state index contributed by atoms with van der Waals surface area (Å²) in [4.78, 5) is 28.6. The number of piperazine rings is 1. The lowest BCUT2D eigenvalue weighted by atomic mass is 10.3. The summed E-state index contributed by atoms with van der Waals surface area (Å²) in [5.41, 5.74) is 1.27. The molecule has 0 unspecified atom stereocenters. The van der Waals surface area contributed by atoms with Crippen LogP contribution in [0.25, 0.3) is 0 Å². The molecule has 3 heterocycles. The third-order valence-corrected chi connectivity index (χ3v) is 4.38. The number of pyridine rings is 1. The number of amides is 1. The summed E-state index contributed by atoms with van der Waals surface area (Å²) < 4.78 is 0. The van der Waals surface area contributed by atoms with Crippen molar-refractivity contribution in [3.63, 3.8) is 0 Å². The van der Waals surface area contributed by atoms with Gasteiger partial charge in [0.2, 0.25) is 0 Å². The molecule has 0 bridgehead atoms. The highest BCUT2D eigenvalue weighted by atomic mass is 35.5. The number of thiophene rings is 1. The normalized spacial score (nSPS) is 13.9. The number of carbonyl (C=O) groups excluding carboxylic acids is 1. The number of hydrogen-bond donors (Lipinski definition) is 2. The molecule has 128 valence electrons. The Morgan fingerprint density at radius 3 is 2.71 bits per heavy atom. The summed E-state index contributed by atoms with van der Waals surface area (Å²) >= 11 is 0.925. The lowest BCUT2D eigenvalue weighted by Crippen LogP contribution is -2.43. The number of anilines is 2. The molecule has 24 heavy (non-hydrogen) atoms. The Balaban J connectivity index is 0.00000208. The van der Waals surface area contributed by atoms with Crippen LogP contribution in [0.5, 0.6) is 0 Å². The van der Waals surface area contributed by atoms with Crippen molar-refractivity contribution in [3.05, 3.63) is 45.5 Å². The van der Waals surface area contributed by atoms with Crippen molar-refractivity contribution in [3.8, 4) is 0 Å². The van der Waals surface area contributed by atoms with Crippen LogP contribution < -0.4 is 15.5 Å². The van der Waals surface area contributed by atoms with Crippen molar-refractivity contribution in [2.24, 2.45) is 0 Å². The zero-order valence-electron chi connectivity index (χ0n) is 12.6. The summed E-state index contributed by atoms with van der Waals surface area (Å²) in [6.45, 7) is 3.72. The van der Waals surface area contributed by atoms with Crippen LogP contribution in [0.2, 0.25) is 0 Å². The van der Waals surface area contributed by atoms with E-state index in [1.165, 1.54) is 11.4 Å². The summed E-state index contributed by atoms with van der Waals surface area (Å²) in [6, 6.07) is 4.90. The van der Waals surface area contributed by atoms with Crippen molar-refractivity contribution in [1.82, 2.24) is 10.3 Å². The topological polar surface area (TPSA) is 100 Å². The first-order valence-corrected chi connectivity index (χ1v) is 7.97. The molecule has 0 aromatic carbocycles. The molecule has 0 radical (unpaired) electrons. The molecule has 1 aliphatic heterocycles. The molecule has 0 spiro atoms. The van der Waals surface area contributed by atoms with Gasteiger partial charge < -0.3 is 15.5 Å². The molecule has 2 N–H and O–H groups in total. The predicted octanol–water partition coefficient (Wildman–Crippen LogP) is 2.13. The van der Waals surface area contributed by atoms with Crippen LogP contribution in [0.3, 0.4) is 0 Å². The van der Waals surface area contributed by atoms with Gasteiger partial charge in [-0.1, -0.05) is 11.3 Å². The molecule has 3 rings (SSSR count). The zero-order chi connectivity index (χ0) is 16.2. The second kappa shape index (κ2) is 8.04. The molecule has 1 saturated heterocycles. The fourth-order valence-corrected chi connectivity index (χ4v) is 3.00. The van der Waals surface area contributed by atoms with Crippen molar-refractivity contribution >= 4 is 46.2 Å². The fourth-order valence-electron chi connectivity index (χ4n) is 2.30. The van der Waals surface area contributed by atoms with E-state index in [1.807, 2.05) is 6.07 Å². The van der Waals surface area contributed by atoms with Gasteiger partial charge in [0.15, 0.2) is 0 Å². The lowest BCUT2D eigenvalue weighted by Gasteiger charge is -2.29. The molecule has 1 aliphatic rings. The molecule has 1 fully saturated rings. The summed E-state index contributed by atoms with van der Waals surface area (Å²) in [7, 11) is 0. The predicted molar refractivity (Wildman–Crippen MR) is 95.5 cm³/mol. The van der Waals surface area contributed by atoms with Crippen LogP contribution in [0, 0.1) is 10.1 Å². The van der Waals surface area contributed by atoms with Crippen LogP contribution in [-0.2, 0) is 0 Å². The van der Waals surface area contributed by atoms with Crippen LogP contribution in [0.1, 0.15) is 10.4 Å². The van der Waals surface area contributed by atoms with Crippen molar-refractivity contribution in [2.75, 3.05) is 36.4 Å². The number of carbonyl (C=O) groups is 1. The van der Waals surface area contributed by atoms with Crippen LogP contribution >= 0.6 is 23.7 Å². The second-order valence-corrected chi connectivity index (χ2v) is 5.91.